The molecular weight excluding hydrogens is 277 g/mol. The van der Waals surface area contributed by atoms with Crippen LogP contribution in [0, 0.1) is 24.1 Å². The lowest BCUT2D eigenvalue weighted by molar-refractivity contribution is 0.0978. The molecular formula is C16H11ClFNO. The number of rotatable bonds is 3. The van der Waals surface area contributed by atoms with E-state index in [1.165, 1.54) is 24.3 Å². The number of benzene rings is 2. The van der Waals surface area contributed by atoms with Gasteiger partial charge in [-0.05, 0) is 42.3 Å². The molecule has 0 radical (unpaired) electrons. The number of aryl methyl sites for hydroxylation is 1. The molecule has 0 spiro atoms. The number of ketones is 1. The lowest BCUT2D eigenvalue weighted by atomic mass is 9.90. The van der Waals surface area contributed by atoms with Gasteiger partial charge < -0.3 is 0 Å². The molecule has 20 heavy (non-hydrogen) atoms. The third-order valence-electron chi connectivity index (χ3n) is 3.04. The summed E-state index contributed by atoms with van der Waals surface area (Å²) in [7, 11) is 0. The van der Waals surface area contributed by atoms with Crippen molar-refractivity contribution in [2.45, 2.75) is 12.8 Å². The lowest BCUT2D eigenvalue weighted by Gasteiger charge is -2.11. The Hall–Kier alpha value is -2.18. The van der Waals surface area contributed by atoms with Crippen molar-refractivity contribution in [3.8, 4) is 6.07 Å². The quantitative estimate of drug-likeness (QED) is 0.791. The van der Waals surface area contributed by atoms with Crippen LogP contribution in [0.1, 0.15) is 27.4 Å². The topological polar surface area (TPSA) is 40.9 Å². The normalized spacial score (nSPS) is 11.7. The smallest absolute Gasteiger partial charge is 0.184 e. The fourth-order valence-corrected chi connectivity index (χ4v) is 2.16. The molecule has 2 nitrogen and oxygen atoms in total. The molecule has 100 valence electrons. The van der Waals surface area contributed by atoms with E-state index in [4.69, 9.17) is 11.6 Å². The predicted octanol–water partition coefficient (Wildman–Crippen LogP) is 4.28. The van der Waals surface area contributed by atoms with Crippen molar-refractivity contribution in [3.63, 3.8) is 0 Å². The van der Waals surface area contributed by atoms with Crippen LogP contribution in [-0.2, 0) is 0 Å². The predicted molar refractivity (Wildman–Crippen MR) is 75.3 cm³/mol. The molecule has 2 aromatic carbocycles. The van der Waals surface area contributed by atoms with E-state index in [9.17, 15) is 14.4 Å². The number of nitrogens with zero attached hydrogens (tertiary/aromatic N) is 1. The van der Waals surface area contributed by atoms with Crippen LogP contribution in [0.2, 0.25) is 5.02 Å². The van der Waals surface area contributed by atoms with Crippen LogP contribution in [0.4, 0.5) is 4.39 Å². The molecule has 2 aromatic rings. The maximum atomic E-state index is 13.2. The van der Waals surface area contributed by atoms with Crippen molar-refractivity contribution in [1.82, 2.24) is 0 Å². The summed E-state index contributed by atoms with van der Waals surface area (Å²) in [5.74, 6) is -1.89. The molecule has 0 aromatic heterocycles. The van der Waals surface area contributed by atoms with Gasteiger partial charge in [0.1, 0.15) is 11.7 Å². The number of hydrogen-bond acceptors (Lipinski definition) is 2. The minimum atomic E-state index is -1.04. The molecule has 0 amide bonds. The number of carbonyl (C=O) groups excluding carboxylic acids is 1. The Kier molecular flexibility index (Phi) is 4.16. The van der Waals surface area contributed by atoms with Crippen LogP contribution >= 0.6 is 11.6 Å². The molecule has 0 aliphatic heterocycles. The van der Waals surface area contributed by atoms with Crippen molar-refractivity contribution >= 4 is 17.4 Å². The number of halogens is 2. The van der Waals surface area contributed by atoms with Crippen LogP contribution < -0.4 is 0 Å². The van der Waals surface area contributed by atoms with Gasteiger partial charge >= 0.3 is 0 Å². The zero-order valence-electron chi connectivity index (χ0n) is 10.7. The van der Waals surface area contributed by atoms with Gasteiger partial charge in [0.25, 0.3) is 0 Å². The highest BCUT2D eigenvalue weighted by molar-refractivity contribution is 6.31. The number of carbonyl (C=O) groups is 1. The number of nitriles is 1. The van der Waals surface area contributed by atoms with Crippen LogP contribution in [0.5, 0.6) is 0 Å². The summed E-state index contributed by atoms with van der Waals surface area (Å²) < 4.78 is 13.2. The third kappa shape index (κ3) is 2.87. The van der Waals surface area contributed by atoms with E-state index in [0.29, 0.717) is 16.1 Å². The van der Waals surface area contributed by atoms with Crippen molar-refractivity contribution < 1.29 is 9.18 Å². The summed E-state index contributed by atoms with van der Waals surface area (Å²) in [6.45, 7) is 1.77. The first-order chi connectivity index (χ1) is 9.52. The van der Waals surface area contributed by atoms with E-state index in [1.54, 1.807) is 25.1 Å². The molecule has 0 heterocycles. The third-order valence-corrected chi connectivity index (χ3v) is 3.27. The van der Waals surface area contributed by atoms with E-state index in [-0.39, 0.29) is 5.78 Å². The molecule has 4 heteroatoms. The number of Topliss-reactive ketones (excluding diaryl/α,β-unsaturated/α-hetero) is 1. The molecule has 0 saturated heterocycles. The first kappa shape index (κ1) is 14.2. The molecule has 0 fully saturated rings. The molecule has 1 atom stereocenters. The summed E-state index contributed by atoms with van der Waals surface area (Å²) in [5, 5.41) is 9.66. The molecule has 0 aliphatic rings. The monoisotopic (exact) mass is 287 g/mol. The maximum Gasteiger partial charge on any atom is 0.184 e. The summed E-state index contributed by atoms with van der Waals surface area (Å²) in [6.07, 6.45) is 0. The van der Waals surface area contributed by atoms with Crippen LogP contribution in [0.3, 0.4) is 0 Å². The summed E-state index contributed by atoms with van der Waals surface area (Å²) in [6, 6.07) is 12.4. The minimum Gasteiger partial charge on any atom is -0.292 e. The van der Waals surface area contributed by atoms with Gasteiger partial charge in [-0.15, -0.1) is 0 Å². The standard InChI is InChI=1S/C16H11ClFNO/c1-10-5-6-12(17)8-14(10)16(20)15(9-19)11-3-2-4-13(18)7-11/h2-8,15H,1H3. The Bertz CT molecular complexity index is 706. The van der Waals surface area contributed by atoms with E-state index in [1.807, 2.05) is 6.07 Å². The Morgan fingerprint density at radius 1 is 1.30 bits per heavy atom. The largest absolute Gasteiger partial charge is 0.292 e. The molecule has 0 N–H and O–H groups in total. The Balaban J connectivity index is 2.45. The van der Waals surface area contributed by atoms with Gasteiger partial charge in [0.05, 0.1) is 6.07 Å². The van der Waals surface area contributed by atoms with E-state index >= 15 is 0 Å². The second kappa shape index (κ2) is 5.85. The van der Waals surface area contributed by atoms with Gasteiger partial charge in [-0.1, -0.05) is 29.8 Å². The molecule has 0 aliphatic carbocycles. The zero-order valence-corrected chi connectivity index (χ0v) is 11.5. The maximum absolute atomic E-state index is 13.2. The van der Waals surface area contributed by atoms with Gasteiger partial charge in [0.15, 0.2) is 5.78 Å². The average molecular weight is 288 g/mol. The fourth-order valence-electron chi connectivity index (χ4n) is 1.99. The van der Waals surface area contributed by atoms with Crippen LogP contribution in [-0.4, -0.2) is 5.78 Å². The first-order valence-corrected chi connectivity index (χ1v) is 6.36. The van der Waals surface area contributed by atoms with Gasteiger partial charge in [0, 0.05) is 10.6 Å². The van der Waals surface area contributed by atoms with Gasteiger partial charge in [0.2, 0.25) is 0 Å². The lowest BCUT2D eigenvalue weighted by Crippen LogP contribution is -2.13. The highest BCUT2D eigenvalue weighted by Crippen LogP contribution is 2.24. The highest BCUT2D eigenvalue weighted by Gasteiger charge is 2.23. The van der Waals surface area contributed by atoms with Crippen molar-refractivity contribution in [2.75, 3.05) is 0 Å². The number of hydrogen-bond donors (Lipinski definition) is 0. The summed E-state index contributed by atoms with van der Waals surface area (Å²) in [4.78, 5) is 12.5. The van der Waals surface area contributed by atoms with Gasteiger partial charge in [-0.3, -0.25) is 4.79 Å². The molecule has 0 saturated carbocycles. The fraction of sp³-hybridized carbons (Fsp3) is 0.125. The summed E-state index contributed by atoms with van der Waals surface area (Å²) >= 11 is 5.88. The van der Waals surface area contributed by atoms with Crippen molar-refractivity contribution in [2.24, 2.45) is 0 Å². The molecule has 2 rings (SSSR count). The SMILES string of the molecule is Cc1ccc(Cl)cc1C(=O)C(C#N)c1cccc(F)c1. The van der Waals surface area contributed by atoms with Crippen LogP contribution in [0.25, 0.3) is 0 Å². The first-order valence-electron chi connectivity index (χ1n) is 5.98. The van der Waals surface area contributed by atoms with Gasteiger partial charge in [-0.2, -0.15) is 5.26 Å². The van der Waals surface area contributed by atoms with E-state index in [0.717, 1.165) is 5.56 Å². The second-order valence-electron chi connectivity index (χ2n) is 4.44. The van der Waals surface area contributed by atoms with Crippen LogP contribution in [0.15, 0.2) is 42.5 Å². The Labute approximate surface area is 121 Å². The van der Waals surface area contributed by atoms with E-state index in [2.05, 4.69) is 0 Å². The zero-order chi connectivity index (χ0) is 14.7. The Morgan fingerprint density at radius 2 is 2.05 bits per heavy atom. The van der Waals surface area contributed by atoms with Gasteiger partial charge in [-0.25, -0.2) is 4.39 Å². The average Bonchev–Trinajstić information content (AvgIpc) is 2.42. The highest BCUT2D eigenvalue weighted by atomic mass is 35.5. The molecule has 1 unspecified atom stereocenters. The van der Waals surface area contributed by atoms with Crippen molar-refractivity contribution in [3.05, 3.63) is 70.0 Å². The molecule has 0 bridgehead atoms. The summed E-state index contributed by atoms with van der Waals surface area (Å²) in [5.41, 5.74) is 1.46. The van der Waals surface area contributed by atoms with E-state index < -0.39 is 11.7 Å². The Morgan fingerprint density at radius 3 is 2.70 bits per heavy atom. The minimum absolute atomic E-state index is 0.344. The second-order valence-corrected chi connectivity index (χ2v) is 4.88. The van der Waals surface area contributed by atoms with Crippen molar-refractivity contribution in [1.29, 1.82) is 5.26 Å².